The third kappa shape index (κ3) is 2.98. The standard InChI is InChI=1S/C26H18N2O2/c1-2-29-26-22(16-27)21(20-12-7-10-17-8-3-5-11-19(17)20)15-23(28-26)25-14-18-9-4-6-13-24(18)30-25/h3-15H,2H2,1H3. The number of nitriles is 1. The van der Waals surface area contributed by atoms with Crippen molar-refractivity contribution in [2.24, 2.45) is 0 Å². The van der Waals surface area contributed by atoms with E-state index in [0.29, 0.717) is 29.5 Å². The zero-order valence-electron chi connectivity index (χ0n) is 16.4. The Morgan fingerprint density at radius 2 is 1.67 bits per heavy atom. The van der Waals surface area contributed by atoms with E-state index in [4.69, 9.17) is 9.15 Å². The van der Waals surface area contributed by atoms with Crippen molar-refractivity contribution in [2.75, 3.05) is 6.61 Å². The van der Waals surface area contributed by atoms with Gasteiger partial charge in [-0.1, -0.05) is 60.7 Å². The van der Waals surface area contributed by atoms with Crippen LogP contribution in [-0.4, -0.2) is 11.6 Å². The average molecular weight is 390 g/mol. The largest absolute Gasteiger partial charge is 0.477 e. The summed E-state index contributed by atoms with van der Waals surface area (Å²) in [5.74, 6) is 0.962. The van der Waals surface area contributed by atoms with Gasteiger partial charge in [-0.3, -0.25) is 0 Å². The van der Waals surface area contributed by atoms with Crippen molar-refractivity contribution < 1.29 is 9.15 Å². The Balaban J connectivity index is 1.80. The van der Waals surface area contributed by atoms with Gasteiger partial charge in [-0.2, -0.15) is 5.26 Å². The lowest BCUT2D eigenvalue weighted by atomic mass is 9.95. The van der Waals surface area contributed by atoms with E-state index in [1.54, 1.807) is 0 Å². The van der Waals surface area contributed by atoms with Crippen LogP contribution in [0.5, 0.6) is 5.88 Å². The smallest absolute Gasteiger partial charge is 0.232 e. The highest BCUT2D eigenvalue weighted by Gasteiger charge is 2.19. The molecule has 0 saturated carbocycles. The summed E-state index contributed by atoms with van der Waals surface area (Å²) in [4.78, 5) is 4.63. The van der Waals surface area contributed by atoms with Gasteiger partial charge in [0, 0.05) is 10.9 Å². The van der Waals surface area contributed by atoms with Crippen molar-refractivity contribution in [2.45, 2.75) is 6.92 Å². The fourth-order valence-corrected chi connectivity index (χ4v) is 3.78. The number of benzene rings is 3. The molecule has 30 heavy (non-hydrogen) atoms. The number of hydrogen-bond acceptors (Lipinski definition) is 4. The number of para-hydroxylation sites is 1. The van der Waals surface area contributed by atoms with Crippen molar-refractivity contribution >= 4 is 21.7 Å². The van der Waals surface area contributed by atoms with Crippen LogP contribution in [0.25, 0.3) is 44.3 Å². The van der Waals surface area contributed by atoms with Gasteiger partial charge in [0.2, 0.25) is 5.88 Å². The van der Waals surface area contributed by atoms with E-state index >= 15 is 0 Å². The molecule has 0 radical (unpaired) electrons. The Bertz CT molecular complexity index is 1390. The summed E-state index contributed by atoms with van der Waals surface area (Å²) in [5, 5.41) is 13.1. The lowest BCUT2D eigenvalue weighted by Crippen LogP contribution is -2.01. The first-order valence-corrected chi connectivity index (χ1v) is 9.83. The minimum atomic E-state index is 0.320. The summed E-state index contributed by atoms with van der Waals surface area (Å²) < 4.78 is 11.8. The topological polar surface area (TPSA) is 59.1 Å². The van der Waals surface area contributed by atoms with Crippen molar-refractivity contribution in [1.29, 1.82) is 5.26 Å². The van der Waals surface area contributed by atoms with Crippen LogP contribution < -0.4 is 4.74 Å². The molecule has 4 heteroatoms. The second-order valence-electron chi connectivity index (χ2n) is 6.96. The predicted octanol–water partition coefficient (Wildman–Crippen LogP) is 6.59. The molecule has 4 nitrogen and oxygen atoms in total. The fourth-order valence-electron chi connectivity index (χ4n) is 3.78. The molecule has 2 heterocycles. The van der Waals surface area contributed by atoms with Crippen LogP contribution in [0.2, 0.25) is 0 Å². The number of aromatic nitrogens is 1. The Kier molecular flexibility index (Phi) is 4.42. The third-order valence-corrected chi connectivity index (χ3v) is 5.14. The molecule has 2 aromatic heterocycles. The minimum Gasteiger partial charge on any atom is -0.477 e. The maximum absolute atomic E-state index is 9.94. The van der Waals surface area contributed by atoms with Crippen LogP contribution in [0, 0.1) is 11.3 Å². The summed E-state index contributed by atoms with van der Waals surface area (Å²) in [7, 11) is 0. The summed E-state index contributed by atoms with van der Waals surface area (Å²) in [6, 6.07) is 28.3. The summed E-state index contributed by atoms with van der Waals surface area (Å²) in [5.41, 5.74) is 3.60. The molecule has 0 N–H and O–H groups in total. The zero-order valence-corrected chi connectivity index (χ0v) is 16.4. The summed E-state index contributed by atoms with van der Waals surface area (Å²) in [6.45, 7) is 2.30. The Morgan fingerprint density at radius 1 is 0.900 bits per heavy atom. The van der Waals surface area contributed by atoms with E-state index in [2.05, 4.69) is 29.3 Å². The van der Waals surface area contributed by atoms with Crippen molar-refractivity contribution in [3.63, 3.8) is 0 Å². The molecule has 0 bridgehead atoms. The van der Waals surface area contributed by atoms with Crippen LogP contribution in [0.15, 0.2) is 83.3 Å². The van der Waals surface area contributed by atoms with E-state index in [1.165, 1.54) is 0 Å². The Morgan fingerprint density at radius 3 is 2.47 bits per heavy atom. The normalized spacial score (nSPS) is 10.9. The first-order valence-electron chi connectivity index (χ1n) is 9.83. The second kappa shape index (κ2) is 7.38. The lowest BCUT2D eigenvalue weighted by Gasteiger charge is -2.13. The quantitative estimate of drug-likeness (QED) is 0.347. The molecule has 0 amide bonds. The number of hydrogen-bond donors (Lipinski definition) is 0. The van der Waals surface area contributed by atoms with E-state index in [1.807, 2.05) is 67.6 Å². The van der Waals surface area contributed by atoms with Crippen LogP contribution >= 0.6 is 0 Å². The Hall–Kier alpha value is -4.10. The van der Waals surface area contributed by atoms with Gasteiger partial charge in [-0.25, -0.2) is 4.98 Å². The number of ether oxygens (including phenoxy) is 1. The highest BCUT2D eigenvalue weighted by atomic mass is 16.5. The van der Waals surface area contributed by atoms with Crippen molar-refractivity contribution in [3.8, 4) is 34.5 Å². The summed E-state index contributed by atoms with van der Waals surface area (Å²) >= 11 is 0. The lowest BCUT2D eigenvalue weighted by molar-refractivity contribution is 0.326. The average Bonchev–Trinajstić information content (AvgIpc) is 3.23. The number of nitrogens with zero attached hydrogens (tertiary/aromatic N) is 2. The molecule has 0 saturated heterocycles. The molecule has 0 spiro atoms. The fraction of sp³-hybridized carbons (Fsp3) is 0.0769. The molecule has 0 atom stereocenters. The van der Waals surface area contributed by atoms with Crippen LogP contribution in [0.4, 0.5) is 0 Å². The summed E-state index contributed by atoms with van der Waals surface area (Å²) in [6.07, 6.45) is 0. The van der Waals surface area contributed by atoms with E-state index in [9.17, 15) is 5.26 Å². The number of pyridine rings is 1. The van der Waals surface area contributed by atoms with Crippen LogP contribution in [-0.2, 0) is 0 Å². The van der Waals surface area contributed by atoms with Crippen molar-refractivity contribution in [1.82, 2.24) is 4.98 Å². The van der Waals surface area contributed by atoms with Gasteiger partial charge >= 0.3 is 0 Å². The number of fused-ring (bicyclic) bond motifs is 2. The first kappa shape index (κ1) is 18.0. The molecule has 0 aliphatic heterocycles. The SMILES string of the molecule is CCOc1nc(-c2cc3ccccc3o2)cc(-c2cccc3ccccc23)c1C#N. The molecule has 5 aromatic rings. The molecule has 144 valence electrons. The van der Waals surface area contributed by atoms with Gasteiger partial charge in [0.1, 0.15) is 22.9 Å². The van der Waals surface area contributed by atoms with Gasteiger partial charge in [0.15, 0.2) is 5.76 Å². The predicted molar refractivity (Wildman–Crippen MR) is 118 cm³/mol. The van der Waals surface area contributed by atoms with Gasteiger partial charge in [-0.15, -0.1) is 0 Å². The van der Waals surface area contributed by atoms with Crippen LogP contribution in [0.1, 0.15) is 12.5 Å². The van der Waals surface area contributed by atoms with Gasteiger partial charge in [0.05, 0.1) is 6.61 Å². The van der Waals surface area contributed by atoms with E-state index in [0.717, 1.165) is 32.9 Å². The molecular weight excluding hydrogens is 372 g/mol. The maximum Gasteiger partial charge on any atom is 0.232 e. The molecule has 0 aliphatic carbocycles. The molecule has 5 rings (SSSR count). The van der Waals surface area contributed by atoms with Gasteiger partial charge in [0.25, 0.3) is 0 Å². The molecular formula is C26H18N2O2. The van der Waals surface area contributed by atoms with Gasteiger partial charge in [-0.05, 0) is 41.5 Å². The molecule has 3 aromatic carbocycles. The van der Waals surface area contributed by atoms with E-state index in [-0.39, 0.29) is 0 Å². The molecule has 0 unspecified atom stereocenters. The third-order valence-electron chi connectivity index (χ3n) is 5.14. The van der Waals surface area contributed by atoms with Crippen LogP contribution in [0.3, 0.4) is 0 Å². The van der Waals surface area contributed by atoms with Crippen molar-refractivity contribution in [3.05, 3.63) is 84.4 Å². The zero-order chi connectivity index (χ0) is 20.5. The maximum atomic E-state index is 9.94. The van der Waals surface area contributed by atoms with Gasteiger partial charge < -0.3 is 9.15 Å². The highest BCUT2D eigenvalue weighted by molar-refractivity contribution is 5.98. The number of rotatable bonds is 4. The number of furan rings is 1. The molecule has 0 fully saturated rings. The minimum absolute atomic E-state index is 0.320. The first-order chi connectivity index (χ1) is 14.8. The second-order valence-corrected chi connectivity index (χ2v) is 6.96. The Labute approximate surface area is 174 Å². The highest BCUT2D eigenvalue weighted by Crippen LogP contribution is 2.38. The van der Waals surface area contributed by atoms with E-state index < -0.39 is 0 Å². The monoisotopic (exact) mass is 390 g/mol. The molecule has 0 aliphatic rings.